The van der Waals surface area contributed by atoms with Gasteiger partial charge in [0.25, 0.3) is 5.91 Å². The zero-order valence-electron chi connectivity index (χ0n) is 14.5. The number of nitrogens with one attached hydrogen (secondary N) is 1. The molecule has 0 spiro atoms. The number of benzene rings is 2. The average molecular weight is 383 g/mol. The molecular weight excluding hydrogens is 364 g/mol. The Morgan fingerprint density at radius 3 is 2.65 bits per heavy atom. The molecule has 132 valence electrons. The van der Waals surface area contributed by atoms with Gasteiger partial charge in [0.1, 0.15) is 4.38 Å². The molecule has 1 N–H and O–H groups in total. The van der Waals surface area contributed by atoms with Crippen LogP contribution >= 0.6 is 23.5 Å². The average Bonchev–Trinajstić information content (AvgIpc) is 2.97. The van der Waals surface area contributed by atoms with Crippen molar-refractivity contribution in [2.24, 2.45) is 4.99 Å². The number of thioether (sulfide) groups is 2. The predicted octanol–water partition coefficient (Wildman–Crippen LogP) is 4.65. The summed E-state index contributed by atoms with van der Waals surface area (Å²) < 4.78 is 0.604. The molecule has 4 nitrogen and oxygen atoms in total. The minimum Gasteiger partial charge on any atom is -0.325 e. The molecule has 2 amide bonds. The standard InChI is InChI=1S/C20H18N2O2S2/c1-13-8-9-16(10-14(13)2)21-18(23)12-25-20-22-19(24)17(26-20)11-15-6-4-3-5-7-15/h3-11H,12H2,1-2H3,(H,21,23)/b17-11+. The number of nitrogens with zero attached hydrogens (tertiary/aromatic N) is 1. The fraction of sp³-hybridized carbons (Fsp3) is 0.150. The Labute approximate surface area is 161 Å². The van der Waals surface area contributed by atoms with E-state index in [4.69, 9.17) is 0 Å². The van der Waals surface area contributed by atoms with Crippen LogP contribution in [0.2, 0.25) is 0 Å². The van der Waals surface area contributed by atoms with Gasteiger partial charge in [-0.15, -0.1) is 0 Å². The first-order valence-electron chi connectivity index (χ1n) is 8.09. The first-order valence-corrected chi connectivity index (χ1v) is 9.89. The number of carbonyl (C=O) groups is 2. The molecule has 6 heteroatoms. The zero-order valence-corrected chi connectivity index (χ0v) is 16.1. The van der Waals surface area contributed by atoms with Crippen LogP contribution in [0.5, 0.6) is 0 Å². The Kier molecular flexibility index (Phi) is 5.96. The van der Waals surface area contributed by atoms with E-state index in [-0.39, 0.29) is 17.6 Å². The molecule has 2 aromatic rings. The molecule has 0 bridgehead atoms. The van der Waals surface area contributed by atoms with Crippen molar-refractivity contribution in [2.45, 2.75) is 13.8 Å². The van der Waals surface area contributed by atoms with E-state index < -0.39 is 0 Å². The highest BCUT2D eigenvalue weighted by Gasteiger charge is 2.22. The summed E-state index contributed by atoms with van der Waals surface area (Å²) in [4.78, 5) is 28.7. The molecule has 1 aliphatic rings. The van der Waals surface area contributed by atoms with Gasteiger partial charge in [0.05, 0.1) is 10.7 Å². The van der Waals surface area contributed by atoms with Gasteiger partial charge >= 0.3 is 0 Å². The van der Waals surface area contributed by atoms with Gasteiger partial charge in [0, 0.05) is 5.69 Å². The van der Waals surface area contributed by atoms with Gasteiger partial charge in [-0.1, -0.05) is 59.9 Å². The number of carbonyl (C=O) groups excluding carboxylic acids is 2. The highest BCUT2D eigenvalue weighted by Crippen LogP contribution is 2.33. The molecule has 0 aliphatic carbocycles. The van der Waals surface area contributed by atoms with Gasteiger partial charge in [0.2, 0.25) is 5.91 Å². The topological polar surface area (TPSA) is 58.5 Å². The number of amides is 2. The van der Waals surface area contributed by atoms with Crippen LogP contribution < -0.4 is 5.32 Å². The van der Waals surface area contributed by atoms with E-state index in [0.717, 1.165) is 16.8 Å². The lowest BCUT2D eigenvalue weighted by Crippen LogP contribution is -2.14. The van der Waals surface area contributed by atoms with Gasteiger partial charge in [-0.2, -0.15) is 4.99 Å². The molecule has 0 unspecified atom stereocenters. The third kappa shape index (κ3) is 4.86. The third-order valence-corrected chi connectivity index (χ3v) is 5.94. The van der Waals surface area contributed by atoms with Crippen LogP contribution in [0, 0.1) is 13.8 Å². The fourth-order valence-electron chi connectivity index (χ4n) is 2.30. The summed E-state index contributed by atoms with van der Waals surface area (Å²) in [7, 11) is 0. The van der Waals surface area contributed by atoms with Crippen molar-refractivity contribution in [3.63, 3.8) is 0 Å². The van der Waals surface area contributed by atoms with E-state index in [1.165, 1.54) is 29.1 Å². The first-order chi connectivity index (χ1) is 12.5. The van der Waals surface area contributed by atoms with E-state index >= 15 is 0 Å². The molecule has 0 radical (unpaired) electrons. The Morgan fingerprint density at radius 2 is 1.92 bits per heavy atom. The molecule has 0 aromatic heterocycles. The second-order valence-electron chi connectivity index (χ2n) is 5.84. The molecule has 26 heavy (non-hydrogen) atoms. The van der Waals surface area contributed by atoms with Crippen LogP contribution in [0.25, 0.3) is 6.08 Å². The molecule has 0 atom stereocenters. The highest BCUT2D eigenvalue weighted by molar-refractivity contribution is 8.41. The van der Waals surface area contributed by atoms with Crippen molar-refractivity contribution in [1.29, 1.82) is 0 Å². The molecule has 3 rings (SSSR count). The van der Waals surface area contributed by atoms with Crippen molar-refractivity contribution in [3.8, 4) is 0 Å². The van der Waals surface area contributed by atoms with Crippen molar-refractivity contribution in [3.05, 3.63) is 70.1 Å². The maximum atomic E-state index is 12.1. The fourth-order valence-corrected chi connectivity index (χ4v) is 4.10. The summed E-state index contributed by atoms with van der Waals surface area (Å²) in [6.07, 6.45) is 1.82. The van der Waals surface area contributed by atoms with E-state index in [9.17, 15) is 9.59 Å². The van der Waals surface area contributed by atoms with Crippen molar-refractivity contribution in [2.75, 3.05) is 11.1 Å². The van der Waals surface area contributed by atoms with Gasteiger partial charge in [-0.25, -0.2) is 0 Å². The van der Waals surface area contributed by atoms with Crippen LogP contribution in [0.4, 0.5) is 5.69 Å². The number of aliphatic imine (C=N–C) groups is 1. The summed E-state index contributed by atoms with van der Waals surface area (Å²) >= 11 is 2.59. The van der Waals surface area contributed by atoms with Crippen LogP contribution in [0.15, 0.2) is 58.4 Å². The normalized spacial score (nSPS) is 15.2. The van der Waals surface area contributed by atoms with Crippen LogP contribution in [-0.4, -0.2) is 21.9 Å². The first kappa shape index (κ1) is 18.5. The van der Waals surface area contributed by atoms with Gasteiger partial charge in [-0.05, 0) is 48.7 Å². The Morgan fingerprint density at radius 1 is 1.15 bits per heavy atom. The zero-order chi connectivity index (χ0) is 18.5. The summed E-state index contributed by atoms with van der Waals surface area (Å²) in [5.41, 5.74) is 4.05. The lowest BCUT2D eigenvalue weighted by molar-refractivity contribution is -0.114. The summed E-state index contributed by atoms with van der Waals surface area (Å²) in [6.45, 7) is 4.04. The molecule has 0 saturated carbocycles. The number of hydrogen-bond acceptors (Lipinski definition) is 4. The van der Waals surface area contributed by atoms with Gasteiger partial charge in [-0.3, -0.25) is 9.59 Å². The number of anilines is 1. The Hall–Kier alpha value is -2.31. The second kappa shape index (κ2) is 8.38. The van der Waals surface area contributed by atoms with Crippen molar-refractivity contribution in [1.82, 2.24) is 0 Å². The maximum absolute atomic E-state index is 12.1. The molecule has 2 aromatic carbocycles. The summed E-state index contributed by atoms with van der Waals surface area (Å²) in [5, 5.41) is 2.87. The molecule has 0 fully saturated rings. The van der Waals surface area contributed by atoms with Crippen LogP contribution in [0.1, 0.15) is 16.7 Å². The Balaban J connectivity index is 1.54. The number of aryl methyl sites for hydroxylation is 2. The van der Waals surface area contributed by atoms with Gasteiger partial charge < -0.3 is 5.32 Å². The second-order valence-corrected chi connectivity index (χ2v) is 8.09. The smallest absolute Gasteiger partial charge is 0.285 e. The number of hydrogen-bond donors (Lipinski definition) is 1. The molecule has 1 heterocycles. The van der Waals surface area contributed by atoms with E-state index in [1.807, 2.05) is 68.5 Å². The molecular formula is C20H18N2O2S2. The van der Waals surface area contributed by atoms with E-state index in [1.54, 1.807) is 0 Å². The van der Waals surface area contributed by atoms with Crippen LogP contribution in [0.3, 0.4) is 0 Å². The molecule has 0 saturated heterocycles. The van der Waals surface area contributed by atoms with Crippen LogP contribution in [-0.2, 0) is 9.59 Å². The van der Waals surface area contributed by atoms with E-state index in [2.05, 4.69) is 10.3 Å². The monoisotopic (exact) mass is 382 g/mol. The van der Waals surface area contributed by atoms with E-state index in [0.29, 0.717) is 9.28 Å². The third-order valence-electron chi connectivity index (χ3n) is 3.82. The minimum atomic E-state index is -0.254. The maximum Gasteiger partial charge on any atom is 0.285 e. The van der Waals surface area contributed by atoms with Crippen molar-refractivity contribution >= 4 is 51.5 Å². The lowest BCUT2D eigenvalue weighted by Gasteiger charge is -2.07. The Bertz CT molecular complexity index is 905. The quantitative estimate of drug-likeness (QED) is 0.782. The largest absolute Gasteiger partial charge is 0.325 e. The van der Waals surface area contributed by atoms with Crippen molar-refractivity contribution < 1.29 is 9.59 Å². The lowest BCUT2D eigenvalue weighted by atomic mass is 10.1. The summed E-state index contributed by atoms with van der Waals surface area (Å²) in [6, 6.07) is 15.5. The molecule has 1 aliphatic heterocycles. The summed E-state index contributed by atoms with van der Waals surface area (Å²) in [5.74, 6) is -0.157. The highest BCUT2D eigenvalue weighted by atomic mass is 32.2. The SMILES string of the molecule is Cc1ccc(NC(=O)CSC2=NC(=O)/C(=C\c3ccccc3)S2)cc1C. The minimum absolute atomic E-state index is 0.116. The van der Waals surface area contributed by atoms with Gasteiger partial charge in [0.15, 0.2) is 0 Å². The predicted molar refractivity (Wildman–Crippen MR) is 111 cm³/mol. The number of rotatable bonds is 4.